The first-order chi connectivity index (χ1) is 4.36. The first kappa shape index (κ1) is 5.47. The standard InChI is InChI=1S/C6H10N2S/c9-6-7-4-2-1-3-5(4)8-6/h4-5H,1-3H2,(H2,7,8,9). The zero-order chi connectivity index (χ0) is 6.27. The van der Waals surface area contributed by atoms with Crippen LogP contribution in [0, 0.1) is 0 Å². The van der Waals surface area contributed by atoms with Crippen molar-refractivity contribution in [1.82, 2.24) is 10.6 Å². The predicted molar refractivity (Wildman–Crippen MR) is 40.3 cm³/mol. The molecule has 1 saturated heterocycles. The van der Waals surface area contributed by atoms with Gasteiger partial charge in [-0.15, -0.1) is 0 Å². The van der Waals surface area contributed by atoms with Crippen LogP contribution < -0.4 is 10.6 Å². The van der Waals surface area contributed by atoms with Crippen LogP contribution >= 0.6 is 12.2 Å². The molecule has 1 aliphatic carbocycles. The molecule has 0 aromatic rings. The van der Waals surface area contributed by atoms with E-state index in [0.29, 0.717) is 12.1 Å². The van der Waals surface area contributed by atoms with Crippen molar-refractivity contribution in [1.29, 1.82) is 0 Å². The first-order valence-corrected chi connectivity index (χ1v) is 3.84. The highest BCUT2D eigenvalue weighted by Gasteiger charge is 2.32. The highest BCUT2D eigenvalue weighted by atomic mass is 32.1. The lowest BCUT2D eigenvalue weighted by atomic mass is 10.2. The molecule has 0 spiro atoms. The molecule has 0 radical (unpaired) electrons. The Morgan fingerprint density at radius 1 is 1.22 bits per heavy atom. The molecule has 2 aliphatic rings. The summed E-state index contributed by atoms with van der Waals surface area (Å²) in [7, 11) is 0. The fourth-order valence-electron chi connectivity index (χ4n) is 1.68. The molecule has 0 aromatic carbocycles. The molecule has 1 aliphatic heterocycles. The van der Waals surface area contributed by atoms with E-state index in [4.69, 9.17) is 12.2 Å². The minimum Gasteiger partial charge on any atom is -0.358 e. The van der Waals surface area contributed by atoms with Gasteiger partial charge in [-0.3, -0.25) is 0 Å². The van der Waals surface area contributed by atoms with Crippen LogP contribution in [0.3, 0.4) is 0 Å². The molecule has 9 heavy (non-hydrogen) atoms. The van der Waals surface area contributed by atoms with Crippen LogP contribution in [0.2, 0.25) is 0 Å². The monoisotopic (exact) mass is 142 g/mol. The maximum absolute atomic E-state index is 4.95. The second-order valence-electron chi connectivity index (χ2n) is 2.76. The summed E-state index contributed by atoms with van der Waals surface area (Å²) in [5.41, 5.74) is 0. The topological polar surface area (TPSA) is 24.1 Å². The Morgan fingerprint density at radius 2 is 1.78 bits per heavy atom. The molecule has 2 nitrogen and oxygen atoms in total. The maximum Gasteiger partial charge on any atom is 0.166 e. The molecule has 2 unspecified atom stereocenters. The van der Waals surface area contributed by atoms with Gasteiger partial charge in [0.1, 0.15) is 0 Å². The van der Waals surface area contributed by atoms with Crippen molar-refractivity contribution in [2.24, 2.45) is 0 Å². The largest absolute Gasteiger partial charge is 0.358 e. The van der Waals surface area contributed by atoms with E-state index in [-0.39, 0.29) is 0 Å². The van der Waals surface area contributed by atoms with Crippen LogP contribution in [-0.4, -0.2) is 17.2 Å². The minimum atomic E-state index is 0.650. The molecule has 2 atom stereocenters. The summed E-state index contributed by atoms with van der Waals surface area (Å²) < 4.78 is 0. The first-order valence-electron chi connectivity index (χ1n) is 3.43. The summed E-state index contributed by atoms with van der Waals surface area (Å²) in [6.07, 6.45) is 3.92. The fourth-order valence-corrected chi connectivity index (χ4v) is 1.99. The van der Waals surface area contributed by atoms with Gasteiger partial charge in [-0.1, -0.05) is 0 Å². The Kier molecular flexibility index (Phi) is 1.12. The lowest BCUT2D eigenvalue weighted by Gasteiger charge is -2.04. The molecule has 0 amide bonds. The summed E-state index contributed by atoms with van der Waals surface area (Å²) in [6.45, 7) is 0. The summed E-state index contributed by atoms with van der Waals surface area (Å²) in [4.78, 5) is 0. The molecule has 3 heteroatoms. The lowest BCUT2D eigenvalue weighted by Crippen LogP contribution is -2.26. The van der Waals surface area contributed by atoms with Crippen LogP contribution in [0.4, 0.5) is 0 Å². The van der Waals surface area contributed by atoms with Crippen molar-refractivity contribution in [2.75, 3.05) is 0 Å². The summed E-state index contributed by atoms with van der Waals surface area (Å²) >= 11 is 4.95. The Bertz CT molecular complexity index is 132. The second-order valence-corrected chi connectivity index (χ2v) is 3.17. The molecule has 2 fully saturated rings. The highest BCUT2D eigenvalue weighted by Crippen LogP contribution is 2.21. The third-order valence-corrected chi connectivity index (χ3v) is 2.38. The van der Waals surface area contributed by atoms with Crippen molar-refractivity contribution in [3.05, 3.63) is 0 Å². The van der Waals surface area contributed by atoms with Gasteiger partial charge in [0.25, 0.3) is 0 Å². The highest BCUT2D eigenvalue weighted by molar-refractivity contribution is 7.80. The van der Waals surface area contributed by atoms with E-state index in [1.165, 1.54) is 19.3 Å². The van der Waals surface area contributed by atoms with Crippen LogP contribution in [0.25, 0.3) is 0 Å². The number of hydrogen-bond acceptors (Lipinski definition) is 1. The molecule has 2 rings (SSSR count). The van der Waals surface area contributed by atoms with Crippen molar-refractivity contribution in [3.63, 3.8) is 0 Å². The summed E-state index contributed by atoms with van der Waals surface area (Å²) in [5.74, 6) is 0. The van der Waals surface area contributed by atoms with Crippen LogP contribution in [0.1, 0.15) is 19.3 Å². The Hall–Kier alpha value is -0.310. The quantitative estimate of drug-likeness (QED) is 0.478. The molecular formula is C6H10N2S. The maximum atomic E-state index is 4.95. The fraction of sp³-hybridized carbons (Fsp3) is 0.833. The van der Waals surface area contributed by atoms with Gasteiger partial charge < -0.3 is 10.6 Å². The van der Waals surface area contributed by atoms with Crippen LogP contribution in [-0.2, 0) is 0 Å². The van der Waals surface area contributed by atoms with Gasteiger partial charge in [-0.2, -0.15) is 0 Å². The van der Waals surface area contributed by atoms with Gasteiger partial charge in [-0.25, -0.2) is 0 Å². The molecule has 0 aromatic heterocycles. The Labute approximate surface area is 60.0 Å². The number of rotatable bonds is 0. The van der Waals surface area contributed by atoms with Crippen molar-refractivity contribution in [2.45, 2.75) is 31.3 Å². The normalized spacial score (nSPS) is 39.8. The molecule has 0 bridgehead atoms. The smallest absolute Gasteiger partial charge is 0.166 e. The van der Waals surface area contributed by atoms with E-state index >= 15 is 0 Å². The van der Waals surface area contributed by atoms with Crippen molar-refractivity contribution in [3.8, 4) is 0 Å². The molecule has 1 heterocycles. The van der Waals surface area contributed by atoms with E-state index in [1.807, 2.05) is 0 Å². The van der Waals surface area contributed by atoms with E-state index in [9.17, 15) is 0 Å². The van der Waals surface area contributed by atoms with Gasteiger partial charge in [-0.05, 0) is 31.5 Å². The van der Waals surface area contributed by atoms with E-state index in [2.05, 4.69) is 10.6 Å². The third kappa shape index (κ3) is 0.796. The average molecular weight is 142 g/mol. The minimum absolute atomic E-state index is 0.650. The van der Waals surface area contributed by atoms with Gasteiger partial charge in [0, 0.05) is 12.1 Å². The van der Waals surface area contributed by atoms with E-state index in [0.717, 1.165) is 5.11 Å². The number of fused-ring (bicyclic) bond motifs is 1. The Balaban J connectivity index is 2.09. The van der Waals surface area contributed by atoms with Crippen LogP contribution in [0.15, 0.2) is 0 Å². The van der Waals surface area contributed by atoms with E-state index < -0.39 is 0 Å². The molecule has 1 saturated carbocycles. The SMILES string of the molecule is S=C1NC2CCCC2N1. The lowest BCUT2D eigenvalue weighted by molar-refractivity contribution is 0.583. The van der Waals surface area contributed by atoms with Crippen molar-refractivity contribution >= 4 is 17.3 Å². The average Bonchev–Trinajstić information content (AvgIpc) is 2.22. The Morgan fingerprint density at radius 3 is 2.33 bits per heavy atom. The van der Waals surface area contributed by atoms with Gasteiger partial charge in [0.2, 0.25) is 0 Å². The molecule has 50 valence electrons. The van der Waals surface area contributed by atoms with Gasteiger partial charge in [0.05, 0.1) is 0 Å². The van der Waals surface area contributed by atoms with Crippen LogP contribution in [0.5, 0.6) is 0 Å². The second kappa shape index (κ2) is 1.84. The zero-order valence-corrected chi connectivity index (χ0v) is 6.00. The van der Waals surface area contributed by atoms with Crippen molar-refractivity contribution < 1.29 is 0 Å². The van der Waals surface area contributed by atoms with Gasteiger partial charge >= 0.3 is 0 Å². The molecule has 2 N–H and O–H groups in total. The molecular weight excluding hydrogens is 132 g/mol. The van der Waals surface area contributed by atoms with Gasteiger partial charge in [0.15, 0.2) is 5.11 Å². The number of thiocarbonyl (C=S) groups is 1. The third-order valence-electron chi connectivity index (χ3n) is 2.15. The number of nitrogens with one attached hydrogen (secondary N) is 2. The predicted octanol–water partition coefficient (Wildman–Crippen LogP) is 0.385. The van der Waals surface area contributed by atoms with E-state index in [1.54, 1.807) is 0 Å². The zero-order valence-electron chi connectivity index (χ0n) is 5.18. The number of hydrogen-bond donors (Lipinski definition) is 2. The summed E-state index contributed by atoms with van der Waals surface area (Å²) in [6, 6.07) is 1.30. The summed E-state index contributed by atoms with van der Waals surface area (Å²) in [5, 5.41) is 7.32.